The topological polar surface area (TPSA) is 62.3 Å². The quantitative estimate of drug-likeness (QED) is 0.813. The number of aromatic nitrogens is 1. The van der Waals surface area contributed by atoms with E-state index in [0.717, 1.165) is 18.8 Å². The summed E-state index contributed by atoms with van der Waals surface area (Å²) in [6.07, 6.45) is 2.78. The van der Waals surface area contributed by atoms with Gasteiger partial charge in [0.1, 0.15) is 11.5 Å². The van der Waals surface area contributed by atoms with Gasteiger partial charge in [-0.25, -0.2) is 0 Å². The molecule has 1 amide bonds. The molecular weight excluding hydrogens is 218 g/mol. The van der Waals surface area contributed by atoms with Gasteiger partial charge in [0.25, 0.3) is 5.91 Å². The molecule has 0 aliphatic carbocycles. The zero-order valence-corrected chi connectivity index (χ0v) is 9.77. The molecule has 2 heterocycles. The Labute approximate surface area is 99.8 Å². The summed E-state index contributed by atoms with van der Waals surface area (Å²) in [4.78, 5) is 28.7. The van der Waals surface area contributed by atoms with Crippen molar-refractivity contribution < 1.29 is 9.59 Å². The lowest BCUT2D eigenvalue weighted by Crippen LogP contribution is -2.34. The highest BCUT2D eigenvalue weighted by molar-refractivity contribution is 5.93. The summed E-state index contributed by atoms with van der Waals surface area (Å²) in [6, 6.07) is 3.62. The van der Waals surface area contributed by atoms with Crippen LogP contribution in [0.5, 0.6) is 0 Å². The van der Waals surface area contributed by atoms with E-state index in [1.54, 1.807) is 19.3 Å². The summed E-state index contributed by atoms with van der Waals surface area (Å²) in [7, 11) is 1.58. The third-order valence-corrected chi connectivity index (χ3v) is 2.89. The molecule has 0 unspecified atom stereocenters. The van der Waals surface area contributed by atoms with E-state index in [1.807, 2.05) is 6.07 Å². The molecule has 0 atom stereocenters. The maximum atomic E-state index is 11.5. The first-order chi connectivity index (χ1) is 8.20. The van der Waals surface area contributed by atoms with Gasteiger partial charge < -0.3 is 10.2 Å². The van der Waals surface area contributed by atoms with Crippen molar-refractivity contribution in [1.29, 1.82) is 0 Å². The van der Waals surface area contributed by atoms with E-state index >= 15 is 0 Å². The van der Waals surface area contributed by atoms with Crippen LogP contribution in [0.1, 0.15) is 23.3 Å². The van der Waals surface area contributed by atoms with Gasteiger partial charge in [-0.2, -0.15) is 0 Å². The summed E-state index contributed by atoms with van der Waals surface area (Å²) < 4.78 is 0. The summed E-state index contributed by atoms with van der Waals surface area (Å²) in [5, 5.41) is 2.54. The van der Waals surface area contributed by atoms with Gasteiger partial charge in [0.05, 0.1) is 0 Å². The average Bonchev–Trinajstić information content (AvgIpc) is 2.39. The van der Waals surface area contributed by atoms with E-state index in [4.69, 9.17) is 0 Å². The molecular formula is C12H15N3O2. The predicted molar refractivity (Wildman–Crippen MR) is 64.1 cm³/mol. The fourth-order valence-corrected chi connectivity index (χ4v) is 1.88. The van der Waals surface area contributed by atoms with Gasteiger partial charge >= 0.3 is 0 Å². The van der Waals surface area contributed by atoms with Crippen molar-refractivity contribution in [3.05, 3.63) is 24.0 Å². The van der Waals surface area contributed by atoms with E-state index < -0.39 is 0 Å². The first-order valence-electron chi connectivity index (χ1n) is 5.65. The molecule has 5 heteroatoms. The van der Waals surface area contributed by atoms with Crippen molar-refractivity contribution in [3.63, 3.8) is 0 Å². The number of piperidine rings is 1. The number of rotatable bonds is 2. The number of ketones is 1. The number of carbonyl (C=O) groups is 2. The minimum Gasteiger partial charge on any atom is -0.371 e. The molecule has 0 radical (unpaired) electrons. The molecule has 0 saturated carbocycles. The summed E-state index contributed by atoms with van der Waals surface area (Å²) in [5.74, 6) is 0.113. The normalized spacial score (nSPS) is 15.8. The Balaban J connectivity index is 2.16. The third-order valence-electron chi connectivity index (χ3n) is 2.89. The van der Waals surface area contributed by atoms with E-state index in [0.29, 0.717) is 24.3 Å². The van der Waals surface area contributed by atoms with Crippen molar-refractivity contribution in [2.75, 3.05) is 25.0 Å². The molecule has 0 aromatic carbocycles. The maximum Gasteiger partial charge on any atom is 0.269 e. The second-order valence-electron chi connectivity index (χ2n) is 4.00. The fraction of sp³-hybridized carbons (Fsp3) is 0.417. The van der Waals surface area contributed by atoms with Crippen molar-refractivity contribution in [2.24, 2.45) is 0 Å². The Kier molecular flexibility index (Phi) is 3.37. The van der Waals surface area contributed by atoms with Gasteiger partial charge in [-0.3, -0.25) is 14.6 Å². The first-order valence-corrected chi connectivity index (χ1v) is 5.65. The van der Waals surface area contributed by atoms with Crippen molar-refractivity contribution in [3.8, 4) is 0 Å². The number of amides is 1. The van der Waals surface area contributed by atoms with Gasteiger partial charge in [-0.1, -0.05) is 0 Å². The Bertz CT molecular complexity index is 435. The van der Waals surface area contributed by atoms with Crippen LogP contribution in [0.25, 0.3) is 0 Å². The predicted octanol–water partition coefficient (Wildman–Crippen LogP) is 0.610. The lowest BCUT2D eigenvalue weighted by Gasteiger charge is -2.28. The molecule has 1 aromatic rings. The van der Waals surface area contributed by atoms with Crippen LogP contribution in [0.15, 0.2) is 18.3 Å². The number of nitrogens with zero attached hydrogens (tertiary/aromatic N) is 2. The first kappa shape index (κ1) is 11.6. The third kappa shape index (κ3) is 2.61. The van der Waals surface area contributed by atoms with Crippen LogP contribution in [0, 0.1) is 0 Å². The number of pyridine rings is 1. The summed E-state index contributed by atoms with van der Waals surface area (Å²) in [5.41, 5.74) is 1.35. The van der Waals surface area contributed by atoms with Gasteiger partial charge in [0.2, 0.25) is 0 Å². The molecule has 2 rings (SSSR count). The number of anilines is 1. The molecule has 0 spiro atoms. The van der Waals surface area contributed by atoms with Gasteiger partial charge in [-0.05, 0) is 12.1 Å². The molecule has 1 aliphatic heterocycles. The Morgan fingerprint density at radius 3 is 2.76 bits per heavy atom. The van der Waals surface area contributed by atoms with Crippen molar-refractivity contribution in [2.45, 2.75) is 12.8 Å². The smallest absolute Gasteiger partial charge is 0.269 e. The van der Waals surface area contributed by atoms with Crippen molar-refractivity contribution >= 4 is 17.4 Å². The minimum atomic E-state index is -0.195. The highest BCUT2D eigenvalue weighted by Crippen LogP contribution is 2.18. The average molecular weight is 233 g/mol. The van der Waals surface area contributed by atoms with E-state index in [-0.39, 0.29) is 5.91 Å². The number of carbonyl (C=O) groups excluding carboxylic acids is 2. The highest BCUT2D eigenvalue weighted by atomic mass is 16.1. The van der Waals surface area contributed by atoms with Gasteiger partial charge in [-0.15, -0.1) is 0 Å². The lowest BCUT2D eigenvalue weighted by atomic mass is 10.1. The molecule has 1 saturated heterocycles. The van der Waals surface area contributed by atoms with Crippen molar-refractivity contribution in [1.82, 2.24) is 10.3 Å². The monoisotopic (exact) mass is 233 g/mol. The summed E-state index contributed by atoms with van der Waals surface area (Å²) >= 11 is 0. The molecule has 17 heavy (non-hydrogen) atoms. The Morgan fingerprint density at radius 1 is 1.41 bits per heavy atom. The van der Waals surface area contributed by atoms with Crippen LogP contribution >= 0.6 is 0 Å². The fourth-order valence-electron chi connectivity index (χ4n) is 1.88. The maximum absolute atomic E-state index is 11.5. The lowest BCUT2D eigenvalue weighted by molar-refractivity contribution is -0.119. The standard InChI is InChI=1S/C12H15N3O2/c1-13-12(17)11-8-9(2-5-14-11)15-6-3-10(16)4-7-15/h2,5,8H,3-4,6-7H2,1H3,(H,13,17). The van der Waals surface area contributed by atoms with E-state index in [2.05, 4.69) is 15.2 Å². The van der Waals surface area contributed by atoms with Crippen LogP contribution in [-0.2, 0) is 4.79 Å². The number of Topliss-reactive ketones (excluding diaryl/α,β-unsaturated/α-hetero) is 1. The number of hydrogen-bond acceptors (Lipinski definition) is 4. The molecule has 1 aliphatic rings. The highest BCUT2D eigenvalue weighted by Gasteiger charge is 2.17. The van der Waals surface area contributed by atoms with Gasteiger partial charge in [0.15, 0.2) is 0 Å². The van der Waals surface area contributed by atoms with Crippen LogP contribution in [0.2, 0.25) is 0 Å². The molecule has 0 bridgehead atoms. The SMILES string of the molecule is CNC(=O)c1cc(N2CCC(=O)CC2)ccn1. The molecule has 1 N–H and O–H groups in total. The largest absolute Gasteiger partial charge is 0.371 e. The van der Waals surface area contributed by atoms with Crippen LogP contribution in [0.3, 0.4) is 0 Å². The molecule has 5 nitrogen and oxygen atoms in total. The van der Waals surface area contributed by atoms with Crippen LogP contribution in [0.4, 0.5) is 5.69 Å². The second kappa shape index (κ2) is 4.95. The van der Waals surface area contributed by atoms with Crippen LogP contribution in [-0.4, -0.2) is 36.8 Å². The molecule has 1 aromatic heterocycles. The van der Waals surface area contributed by atoms with E-state index in [9.17, 15) is 9.59 Å². The van der Waals surface area contributed by atoms with Crippen LogP contribution < -0.4 is 10.2 Å². The zero-order chi connectivity index (χ0) is 12.3. The second-order valence-corrected chi connectivity index (χ2v) is 4.00. The number of nitrogens with one attached hydrogen (secondary N) is 1. The summed E-state index contributed by atoms with van der Waals surface area (Å²) in [6.45, 7) is 1.44. The Morgan fingerprint density at radius 2 is 2.12 bits per heavy atom. The number of hydrogen-bond donors (Lipinski definition) is 1. The minimum absolute atomic E-state index is 0.195. The van der Waals surface area contributed by atoms with Gasteiger partial charge in [0, 0.05) is 44.9 Å². The molecule has 90 valence electrons. The molecule has 1 fully saturated rings. The zero-order valence-electron chi connectivity index (χ0n) is 9.77. The van der Waals surface area contributed by atoms with E-state index in [1.165, 1.54) is 0 Å². The Hall–Kier alpha value is -1.91.